The number of piperidine rings is 1. The zero-order valence-corrected chi connectivity index (χ0v) is 30.3. The van der Waals surface area contributed by atoms with Crippen molar-refractivity contribution in [2.45, 2.75) is 89.8 Å². The molecule has 9 nitrogen and oxygen atoms in total. The maximum Gasteiger partial charge on any atom is 0.416 e. The van der Waals surface area contributed by atoms with Crippen molar-refractivity contribution in [3.63, 3.8) is 0 Å². The summed E-state index contributed by atoms with van der Waals surface area (Å²) in [7, 11) is 1.65. The number of carbonyl (C=O) groups excluding carboxylic acids is 1. The number of aromatic nitrogens is 2. The maximum absolute atomic E-state index is 13.6. The van der Waals surface area contributed by atoms with Crippen molar-refractivity contribution < 1.29 is 22.7 Å². The smallest absolute Gasteiger partial charge is 0.416 e. The number of alkyl halides is 3. The Morgan fingerprint density at radius 1 is 1.00 bits per heavy atom. The summed E-state index contributed by atoms with van der Waals surface area (Å²) in [4.78, 5) is 27.5. The average molecular weight is 710 g/mol. The quantitative estimate of drug-likeness (QED) is 0.141. The van der Waals surface area contributed by atoms with E-state index >= 15 is 0 Å². The van der Waals surface area contributed by atoms with Crippen LogP contribution in [-0.4, -0.2) is 78.6 Å². The number of ether oxygens (including phenoxy) is 1. The lowest BCUT2D eigenvalue weighted by Crippen LogP contribution is -2.50. The summed E-state index contributed by atoms with van der Waals surface area (Å²) < 4.78 is 46.4. The Hall–Kier alpha value is -3.64. The molecule has 0 spiro atoms. The van der Waals surface area contributed by atoms with Crippen LogP contribution in [0.3, 0.4) is 0 Å². The molecular formula is C39H54F3N7O2. The van der Waals surface area contributed by atoms with Crippen molar-refractivity contribution in [3.8, 4) is 5.75 Å². The number of nitrogens with one attached hydrogen (secondary N) is 2. The fraction of sp³-hybridized carbons (Fsp3) is 0.615. The normalized spacial score (nSPS) is 21.5. The van der Waals surface area contributed by atoms with Crippen molar-refractivity contribution in [2.24, 2.45) is 11.8 Å². The lowest BCUT2D eigenvalue weighted by molar-refractivity contribution is -0.138. The van der Waals surface area contributed by atoms with Gasteiger partial charge in [0.15, 0.2) is 0 Å². The number of nitrogen functional groups attached to an aromatic ring is 1. The van der Waals surface area contributed by atoms with Crippen LogP contribution in [0, 0.1) is 18.8 Å². The van der Waals surface area contributed by atoms with Crippen molar-refractivity contribution >= 4 is 28.3 Å². The largest absolute Gasteiger partial charge is 0.496 e. The zero-order valence-electron chi connectivity index (χ0n) is 30.3. The number of aryl methyl sites for hydroxylation is 1. The molecule has 3 aliphatic rings. The number of fused-ring (bicyclic) bond motifs is 1. The fourth-order valence-electron chi connectivity index (χ4n) is 8.31. The zero-order chi connectivity index (χ0) is 36.1. The highest BCUT2D eigenvalue weighted by Gasteiger charge is 2.34. The Morgan fingerprint density at radius 2 is 1.73 bits per heavy atom. The van der Waals surface area contributed by atoms with Crippen LogP contribution in [0.25, 0.3) is 10.9 Å². The van der Waals surface area contributed by atoms with Gasteiger partial charge in [-0.15, -0.1) is 0 Å². The van der Waals surface area contributed by atoms with Crippen molar-refractivity contribution in [1.29, 1.82) is 0 Å². The van der Waals surface area contributed by atoms with E-state index < -0.39 is 17.8 Å². The third kappa shape index (κ3) is 9.24. The van der Waals surface area contributed by atoms with E-state index in [-0.39, 0.29) is 17.5 Å². The molecule has 3 fully saturated rings. The minimum atomic E-state index is -4.50. The van der Waals surface area contributed by atoms with Crippen LogP contribution in [0.5, 0.6) is 5.75 Å². The highest BCUT2D eigenvalue weighted by molar-refractivity contribution is 5.91. The summed E-state index contributed by atoms with van der Waals surface area (Å²) in [6.07, 6.45) is 5.40. The monoisotopic (exact) mass is 709 g/mol. The number of anilines is 2. The van der Waals surface area contributed by atoms with Crippen LogP contribution in [-0.2, 0) is 11.0 Å². The molecule has 1 aliphatic carbocycles. The number of hydrogen-bond acceptors (Lipinski definition) is 8. The third-order valence-corrected chi connectivity index (χ3v) is 11.3. The van der Waals surface area contributed by atoms with Crippen LogP contribution in [0.15, 0.2) is 30.3 Å². The molecule has 2 aliphatic heterocycles. The second-order valence-electron chi connectivity index (χ2n) is 14.9. The van der Waals surface area contributed by atoms with Gasteiger partial charge in [-0.3, -0.25) is 9.69 Å². The average Bonchev–Trinajstić information content (AvgIpc) is 3.12. The minimum Gasteiger partial charge on any atom is -0.496 e. The second-order valence-corrected chi connectivity index (χ2v) is 14.9. The highest BCUT2D eigenvalue weighted by Crippen LogP contribution is 2.43. The SMILES string of the molecule is COc1cc2nc(C)nc(N[C@H](C)c3cc(N)cc(C(F)(F)F)c3)c2cc1C1CCC(C(=O)N2CCN(CCCCC3CCNCC3)CC2)CC1. The van der Waals surface area contributed by atoms with Gasteiger partial charge in [0.05, 0.1) is 24.2 Å². The molecule has 3 heterocycles. The highest BCUT2D eigenvalue weighted by atomic mass is 19.4. The first-order chi connectivity index (χ1) is 24.5. The number of amides is 1. The van der Waals surface area contributed by atoms with Crippen molar-refractivity contribution in [2.75, 3.05) is 64.0 Å². The summed E-state index contributed by atoms with van der Waals surface area (Å²) in [5.41, 5.74) is 7.26. The molecule has 12 heteroatoms. The Labute approximate surface area is 299 Å². The van der Waals surface area contributed by atoms with E-state index in [1.807, 2.05) is 6.07 Å². The van der Waals surface area contributed by atoms with E-state index in [9.17, 15) is 18.0 Å². The Morgan fingerprint density at radius 3 is 2.41 bits per heavy atom. The molecule has 0 unspecified atom stereocenters. The topological polar surface area (TPSA) is 109 Å². The van der Waals surface area contributed by atoms with Crippen LogP contribution < -0.4 is 21.1 Å². The number of rotatable bonds is 11. The summed E-state index contributed by atoms with van der Waals surface area (Å²) in [5, 5.41) is 7.56. The molecule has 6 rings (SSSR count). The molecule has 0 bridgehead atoms. The lowest BCUT2D eigenvalue weighted by atomic mass is 9.77. The Kier molecular flexibility index (Phi) is 11.9. The summed E-state index contributed by atoms with van der Waals surface area (Å²) in [5.74, 6) is 3.23. The number of carbonyl (C=O) groups is 1. The molecular weight excluding hydrogens is 655 g/mol. The minimum absolute atomic E-state index is 0.0354. The number of unbranched alkanes of at least 4 members (excludes halogenated alkanes) is 1. The van der Waals surface area contributed by atoms with Gasteiger partial charge in [0.25, 0.3) is 0 Å². The van der Waals surface area contributed by atoms with Crippen molar-refractivity contribution in [3.05, 3.63) is 52.8 Å². The maximum atomic E-state index is 13.6. The van der Waals surface area contributed by atoms with Gasteiger partial charge >= 0.3 is 6.18 Å². The summed E-state index contributed by atoms with van der Waals surface area (Å²) in [6, 6.07) is 7.08. The summed E-state index contributed by atoms with van der Waals surface area (Å²) >= 11 is 0. The molecule has 1 atom stereocenters. The first-order valence-electron chi connectivity index (χ1n) is 18.8. The first kappa shape index (κ1) is 37.1. The Balaban J connectivity index is 1.06. The molecule has 1 aromatic heterocycles. The molecule has 1 amide bonds. The number of nitrogens with zero attached hydrogens (tertiary/aromatic N) is 4. The number of methoxy groups -OCH3 is 1. The van der Waals surface area contributed by atoms with Gasteiger partial charge in [-0.05, 0) is 126 Å². The summed E-state index contributed by atoms with van der Waals surface area (Å²) in [6.45, 7) is 10.6. The molecule has 4 N–H and O–H groups in total. The number of piperazine rings is 1. The van der Waals surface area contributed by atoms with E-state index in [0.717, 1.165) is 93.2 Å². The van der Waals surface area contributed by atoms with Gasteiger partial charge in [-0.1, -0.05) is 12.8 Å². The standard InChI is InChI=1S/C39H54F3N7O2/c1-25(30-20-31(39(40,41)42)22-32(43)21-30)45-37-34-23-33(36(51-3)24-35(34)46-26(2)47-37)28-7-9-29(10-8-28)38(50)49-18-16-48(17-19-49)15-5-4-6-27-11-13-44-14-12-27/h20-25,27-29,44H,4-19,43H2,1-3H3,(H,45,46,47)/t25-,28?,29?/m1/s1. The van der Waals surface area contributed by atoms with Gasteiger partial charge in [-0.25, -0.2) is 9.97 Å². The third-order valence-electron chi connectivity index (χ3n) is 11.3. The molecule has 1 saturated carbocycles. The lowest BCUT2D eigenvalue weighted by Gasteiger charge is -2.38. The van der Waals surface area contributed by atoms with Gasteiger partial charge < -0.3 is 26.0 Å². The number of nitrogens with two attached hydrogens (primary N) is 1. The predicted molar refractivity (Wildman–Crippen MR) is 196 cm³/mol. The van der Waals surface area contributed by atoms with Gasteiger partial charge in [-0.2, -0.15) is 13.2 Å². The van der Waals surface area contributed by atoms with E-state index in [4.69, 9.17) is 10.5 Å². The molecule has 2 saturated heterocycles. The molecule has 0 radical (unpaired) electrons. The van der Waals surface area contributed by atoms with E-state index in [1.165, 1.54) is 45.2 Å². The second kappa shape index (κ2) is 16.4. The molecule has 51 heavy (non-hydrogen) atoms. The molecule has 2 aromatic carbocycles. The van der Waals surface area contributed by atoms with Crippen molar-refractivity contribution in [1.82, 2.24) is 25.1 Å². The van der Waals surface area contributed by atoms with E-state index in [2.05, 4.69) is 36.5 Å². The molecule has 3 aromatic rings. The van der Waals surface area contributed by atoms with Crippen LogP contribution in [0.4, 0.5) is 24.7 Å². The Bertz CT molecular complexity index is 1650. The fourth-order valence-corrected chi connectivity index (χ4v) is 8.31. The van der Waals surface area contributed by atoms with Crippen LogP contribution >= 0.6 is 0 Å². The van der Waals surface area contributed by atoms with E-state index in [0.29, 0.717) is 28.6 Å². The van der Waals surface area contributed by atoms with Crippen LogP contribution in [0.2, 0.25) is 0 Å². The van der Waals surface area contributed by atoms with E-state index in [1.54, 1.807) is 27.0 Å². The molecule has 278 valence electrons. The number of halogens is 3. The number of hydrogen-bond donors (Lipinski definition) is 3. The van der Waals surface area contributed by atoms with Gasteiger partial charge in [0.1, 0.15) is 17.4 Å². The first-order valence-corrected chi connectivity index (χ1v) is 18.8. The predicted octanol–water partition coefficient (Wildman–Crippen LogP) is 7.31. The van der Waals surface area contributed by atoms with Gasteiger partial charge in [0.2, 0.25) is 5.91 Å². The van der Waals surface area contributed by atoms with Gasteiger partial charge in [0, 0.05) is 49.2 Å². The number of benzene rings is 2. The van der Waals surface area contributed by atoms with Crippen LogP contribution in [0.1, 0.15) is 99.2 Å².